The van der Waals surface area contributed by atoms with Crippen molar-refractivity contribution >= 4 is 0 Å². The summed E-state index contributed by atoms with van der Waals surface area (Å²) >= 11 is 0. The van der Waals surface area contributed by atoms with Crippen molar-refractivity contribution in [3.05, 3.63) is 48.6 Å². The van der Waals surface area contributed by atoms with Crippen molar-refractivity contribution < 1.29 is 17.1 Å². The van der Waals surface area contributed by atoms with E-state index in [2.05, 4.69) is 24.3 Å². The number of hydrogen-bond acceptors (Lipinski definition) is 0. The summed E-state index contributed by atoms with van der Waals surface area (Å²) in [6.45, 7) is 0. The third kappa shape index (κ3) is 5.90. The van der Waals surface area contributed by atoms with Gasteiger partial charge in [0.15, 0.2) is 0 Å². The zero-order valence-corrected chi connectivity index (χ0v) is 7.34. The SMILES string of the molecule is [C-]1=CCC=C1.[C-]1=CCC=C1.[Fe+2]. The third-order valence-corrected chi connectivity index (χ3v) is 1.17. The van der Waals surface area contributed by atoms with Crippen LogP contribution in [0.15, 0.2) is 36.5 Å². The number of rotatable bonds is 0. The first-order chi connectivity index (χ1) is 5.00. The largest absolute Gasteiger partial charge is 2.00 e. The van der Waals surface area contributed by atoms with E-state index in [4.69, 9.17) is 0 Å². The predicted molar refractivity (Wildman–Crippen MR) is 43.1 cm³/mol. The van der Waals surface area contributed by atoms with Crippen LogP contribution in [-0.2, 0) is 17.1 Å². The average Bonchev–Trinajstić information content (AvgIpc) is 2.67. The Morgan fingerprint density at radius 1 is 0.818 bits per heavy atom. The second kappa shape index (κ2) is 7.58. The molecule has 11 heavy (non-hydrogen) atoms. The van der Waals surface area contributed by atoms with Gasteiger partial charge in [0.2, 0.25) is 0 Å². The molecule has 0 radical (unpaired) electrons. The van der Waals surface area contributed by atoms with Gasteiger partial charge in [-0.15, -0.1) is 12.8 Å². The van der Waals surface area contributed by atoms with Gasteiger partial charge in [-0.3, -0.25) is 12.2 Å². The van der Waals surface area contributed by atoms with E-state index in [1.807, 2.05) is 24.3 Å². The van der Waals surface area contributed by atoms with Gasteiger partial charge in [0.25, 0.3) is 0 Å². The Balaban J connectivity index is 0.000000167. The van der Waals surface area contributed by atoms with E-state index >= 15 is 0 Å². The summed E-state index contributed by atoms with van der Waals surface area (Å²) in [6, 6.07) is 0. The van der Waals surface area contributed by atoms with Crippen LogP contribution >= 0.6 is 0 Å². The van der Waals surface area contributed by atoms with Crippen LogP contribution in [0.2, 0.25) is 0 Å². The molecule has 0 aromatic rings. The molecule has 0 unspecified atom stereocenters. The molecule has 0 spiro atoms. The molecule has 0 atom stereocenters. The van der Waals surface area contributed by atoms with Crippen molar-refractivity contribution in [1.82, 2.24) is 0 Å². The molecule has 0 saturated carbocycles. The van der Waals surface area contributed by atoms with Crippen molar-refractivity contribution in [3.8, 4) is 0 Å². The van der Waals surface area contributed by atoms with Crippen LogP contribution in [0.4, 0.5) is 0 Å². The van der Waals surface area contributed by atoms with Gasteiger partial charge in [0.05, 0.1) is 0 Å². The molecule has 2 aliphatic rings. The first-order valence-electron chi connectivity index (χ1n) is 3.45. The maximum atomic E-state index is 2.92. The molecule has 0 aromatic heterocycles. The van der Waals surface area contributed by atoms with Crippen LogP contribution in [0.3, 0.4) is 0 Å². The Kier molecular flexibility index (Phi) is 7.23. The van der Waals surface area contributed by atoms with Gasteiger partial charge < -0.3 is 0 Å². The predicted octanol–water partition coefficient (Wildman–Crippen LogP) is 2.61. The Labute approximate surface area is 78.9 Å². The summed E-state index contributed by atoms with van der Waals surface area (Å²) in [5, 5.41) is 0. The van der Waals surface area contributed by atoms with E-state index in [0.29, 0.717) is 0 Å². The molecule has 0 aromatic carbocycles. The van der Waals surface area contributed by atoms with E-state index in [-0.39, 0.29) is 17.1 Å². The zero-order valence-electron chi connectivity index (χ0n) is 6.23. The topological polar surface area (TPSA) is 0 Å². The maximum absolute atomic E-state index is 2.92. The van der Waals surface area contributed by atoms with Crippen LogP contribution in [0, 0.1) is 12.2 Å². The van der Waals surface area contributed by atoms with Crippen LogP contribution in [0.1, 0.15) is 12.8 Å². The van der Waals surface area contributed by atoms with Crippen LogP contribution < -0.4 is 0 Å². The van der Waals surface area contributed by atoms with Crippen molar-refractivity contribution in [2.24, 2.45) is 0 Å². The van der Waals surface area contributed by atoms with E-state index in [1.165, 1.54) is 0 Å². The molecule has 0 nitrogen and oxygen atoms in total. The maximum Gasteiger partial charge on any atom is 2.00 e. The molecular weight excluding hydrogens is 176 g/mol. The molecule has 0 bridgehead atoms. The number of hydrogen-bond donors (Lipinski definition) is 0. The second-order valence-electron chi connectivity index (χ2n) is 2.02. The minimum Gasteiger partial charge on any atom is -0.256 e. The molecular formula is C10H10Fe. The van der Waals surface area contributed by atoms with Crippen molar-refractivity contribution in [3.63, 3.8) is 0 Å². The number of allylic oxidation sites excluding steroid dienone is 8. The molecule has 0 saturated heterocycles. The zero-order chi connectivity index (χ0) is 7.07. The normalized spacial score (nSPS) is 16.0. The summed E-state index contributed by atoms with van der Waals surface area (Å²) < 4.78 is 0. The van der Waals surface area contributed by atoms with Gasteiger partial charge in [-0.25, -0.2) is 24.3 Å². The van der Waals surface area contributed by atoms with Gasteiger partial charge >= 0.3 is 17.1 Å². The van der Waals surface area contributed by atoms with E-state index in [9.17, 15) is 0 Å². The summed E-state index contributed by atoms with van der Waals surface area (Å²) in [7, 11) is 0. The van der Waals surface area contributed by atoms with E-state index in [1.54, 1.807) is 0 Å². The molecule has 0 N–H and O–H groups in total. The minimum atomic E-state index is 0. The molecule has 58 valence electrons. The minimum absolute atomic E-state index is 0. The monoisotopic (exact) mass is 186 g/mol. The van der Waals surface area contributed by atoms with E-state index < -0.39 is 0 Å². The Hall–Kier alpha value is -0.521. The van der Waals surface area contributed by atoms with Gasteiger partial charge in [0, 0.05) is 0 Å². The summed E-state index contributed by atoms with van der Waals surface area (Å²) in [5.41, 5.74) is 0. The van der Waals surface area contributed by atoms with Gasteiger partial charge in [0.1, 0.15) is 0 Å². The fourth-order valence-electron chi connectivity index (χ4n) is 0.680. The Morgan fingerprint density at radius 3 is 1.36 bits per heavy atom. The average molecular weight is 186 g/mol. The van der Waals surface area contributed by atoms with Crippen molar-refractivity contribution in [1.29, 1.82) is 0 Å². The van der Waals surface area contributed by atoms with Gasteiger partial charge in [-0.1, -0.05) is 0 Å². The summed E-state index contributed by atoms with van der Waals surface area (Å²) in [6.07, 6.45) is 20.0. The van der Waals surface area contributed by atoms with Crippen molar-refractivity contribution in [2.45, 2.75) is 12.8 Å². The molecule has 1 heteroatoms. The molecule has 2 aliphatic carbocycles. The van der Waals surface area contributed by atoms with Crippen LogP contribution in [0.5, 0.6) is 0 Å². The molecule has 0 fully saturated rings. The van der Waals surface area contributed by atoms with Gasteiger partial charge in [-0.05, 0) is 0 Å². The fraction of sp³-hybridized carbons (Fsp3) is 0.200. The van der Waals surface area contributed by atoms with Gasteiger partial charge in [-0.2, -0.15) is 12.2 Å². The Morgan fingerprint density at radius 2 is 1.27 bits per heavy atom. The van der Waals surface area contributed by atoms with E-state index in [0.717, 1.165) is 12.8 Å². The third-order valence-electron chi connectivity index (χ3n) is 1.17. The molecule has 0 amide bonds. The smallest absolute Gasteiger partial charge is 0.256 e. The van der Waals surface area contributed by atoms with Crippen LogP contribution in [-0.4, -0.2) is 0 Å². The summed E-state index contributed by atoms with van der Waals surface area (Å²) in [4.78, 5) is 0. The quantitative estimate of drug-likeness (QED) is 0.403. The molecule has 0 heterocycles. The second-order valence-corrected chi connectivity index (χ2v) is 2.02. The van der Waals surface area contributed by atoms with Crippen molar-refractivity contribution in [2.75, 3.05) is 0 Å². The molecule has 0 aliphatic heterocycles. The first-order valence-corrected chi connectivity index (χ1v) is 3.45. The first kappa shape index (κ1) is 10.5. The van der Waals surface area contributed by atoms with Crippen LogP contribution in [0.25, 0.3) is 0 Å². The Bertz CT molecular complexity index is 143. The molecule has 2 rings (SSSR count). The summed E-state index contributed by atoms with van der Waals surface area (Å²) in [5.74, 6) is 0. The fourth-order valence-corrected chi connectivity index (χ4v) is 0.680. The standard InChI is InChI=1S/2C5H5.Fe/c2*1-2-4-5-3-1;/h2*1-2,5H,3H2;/q2*-1;+2.